The first-order valence-electron chi connectivity index (χ1n) is 12.8. The molecule has 1 aliphatic carbocycles. The van der Waals surface area contributed by atoms with Crippen molar-refractivity contribution < 1.29 is 9.15 Å². The number of hydrogen-bond acceptors (Lipinski definition) is 5. The molecule has 2 aliphatic rings. The van der Waals surface area contributed by atoms with Crippen LogP contribution in [0.5, 0.6) is 5.75 Å². The third-order valence-corrected chi connectivity index (χ3v) is 8.93. The number of furan rings is 1. The van der Waals surface area contributed by atoms with Gasteiger partial charge in [-0.2, -0.15) is 0 Å². The van der Waals surface area contributed by atoms with E-state index in [0.29, 0.717) is 30.9 Å². The average molecular weight is 586 g/mol. The summed E-state index contributed by atoms with van der Waals surface area (Å²) in [6, 6.07) is 25.0. The lowest BCUT2D eigenvalue weighted by molar-refractivity contribution is 0.414. The van der Waals surface area contributed by atoms with Crippen LogP contribution in [0.3, 0.4) is 0 Å². The maximum absolute atomic E-state index is 14.0. The number of fused-ring (bicyclic) bond motifs is 3. The number of benzene rings is 3. The molecule has 3 heterocycles. The first-order valence-corrected chi connectivity index (χ1v) is 14.4. The fraction of sp³-hybridized carbons (Fsp3) is 0.125. The molecule has 0 saturated heterocycles. The molecule has 0 spiro atoms. The molecular weight excluding hydrogens is 563 g/mol. The molecule has 40 heavy (non-hydrogen) atoms. The van der Waals surface area contributed by atoms with Crippen molar-refractivity contribution in [2.45, 2.75) is 18.9 Å². The van der Waals surface area contributed by atoms with E-state index in [4.69, 9.17) is 37.3 Å². The van der Waals surface area contributed by atoms with Gasteiger partial charge in [-0.15, -0.1) is 0 Å². The molecule has 3 aromatic carbocycles. The third kappa shape index (κ3) is 4.24. The quantitative estimate of drug-likeness (QED) is 0.231. The van der Waals surface area contributed by atoms with Gasteiger partial charge < -0.3 is 9.15 Å². The second kappa shape index (κ2) is 9.97. The van der Waals surface area contributed by atoms with Crippen LogP contribution in [-0.4, -0.2) is 11.7 Å². The molecule has 5 aromatic rings. The Labute approximate surface area is 243 Å². The molecule has 5 nitrogen and oxygen atoms in total. The molecule has 1 atom stereocenters. The molecule has 7 rings (SSSR count). The van der Waals surface area contributed by atoms with E-state index in [-0.39, 0.29) is 11.6 Å². The fourth-order valence-corrected chi connectivity index (χ4v) is 6.98. The van der Waals surface area contributed by atoms with Gasteiger partial charge in [-0.1, -0.05) is 70.9 Å². The minimum absolute atomic E-state index is 0.0996. The number of ether oxygens (including phenoxy) is 1. The Kier molecular flexibility index (Phi) is 6.27. The van der Waals surface area contributed by atoms with Crippen LogP contribution in [0, 0.1) is 0 Å². The van der Waals surface area contributed by atoms with Crippen LogP contribution in [0.15, 0.2) is 98.6 Å². The second-order valence-corrected chi connectivity index (χ2v) is 11.6. The molecular formula is C32H22Cl2N2O3S. The van der Waals surface area contributed by atoms with Crippen LogP contribution in [0.4, 0.5) is 0 Å². The number of rotatable bonds is 4. The van der Waals surface area contributed by atoms with Crippen molar-refractivity contribution in [3.05, 3.63) is 137 Å². The number of nitrogens with zero attached hydrogens (tertiary/aromatic N) is 2. The Morgan fingerprint density at radius 2 is 1.82 bits per heavy atom. The van der Waals surface area contributed by atoms with E-state index in [1.807, 2.05) is 53.1 Å². The van der Waals surface area contributed by atoms with Crippen molar-refractivity contribution in [3.8, 4) is 17.1 Å². The van der Waals surface area contributed by atoms with Gasteiger partial charge in [-0.3, -0.25) is 9.36 Å². The summed E-state index contributed by atoms with van der Waals surface area (Å²) >= 11 is 13.8. The number of aryl methyl sites for hydroxylation is 1. The van der Waals surface area contributed by atoms with E-state index < -0.39 is 0 Å². The van der Waals surface area contributed by atoms with Gasteiger partial charge in [0.05, 0.1) is 28.4 Å². The molecule has 0 fully saturated rings. The topological polar surface area (TPSA) is 56.7 Å². The van der Waals surface area contributed by atoms with Gasteiger partial charge in [0, 0.05) is 22.2 Å². The number of thiazole rings is 1. The molecule has 198 valence electrons. The molecule has 0 N–H and O–H groups in total. The standard InChI is InChI=1S/C32H22Cl2N2O3S/c1-38-21-10-6-19(7-11-21)30-25-13-8-18-4-2-3-5-23(18)29(25)35-32-36(30)31(37)28(40-32)17-22-12-15-27(39-22)24-14-9-20(33)16-26(24)34/h2-7,9-12,14-17,30H,8,13H2,1H3/b28-17+/t30-/m1/s1. The largest absolute Gasteiger partial charge is 0.497 e. The van der Waals surface area contributed by atoms with Gasteiger partial charge in [0.2, 0.25) is 0 Å². The zero-order valence-electron chi connectivity index (χ0n) is 21.4. The lowest BCUT2D eigenvalue weighted by Gasteiger charge is -2.30. The normalized spacial score (nSPS) is 16.3. The number of hydrogen-bond donors (Lipinski definition) is 0. The van der Waals surface area contributed by atoms with Gasteiger partial charge in [-0.25, -0.2) is 4.99 Å². The predicted octanol–water partition coefficient (Wildman–Crippen LogP) is 6.89. The van der Waals surface area contributed by atoms with Gasteiger partial charge in [-0.05, 0) is 72.0 Å². The van der Waals surface area contributed by atoms with E-state index >= 15 is 0 Å². The van der Waals surface area contributed by atoms with Crippen molar-refractivity contribution in [2.24, 2.45) is 4.99 Å². The Morgan fingerprint density at radius 1 is 1.00 bits per heavy atom. The molecule has 1 aliphatic heterocycles. The molecule has 0 unspecified atom stereocenters. The fourth-order valence-electron chi connectivity index (χ4n) is 5.50. The van der Waals surface area contributed by atoms with Crippen molar-refractivity contribution >= 4 is 46.3 Å². The summed E-state index contributed by atoms with van der Waals surface area (Å²) in [6.07, 6.45) is 3.52. The zero-order valence-corrected chi connectivity index (χ0v) is 23.7. The van der Waals surface area contributed by atoms with E-state index in [0.717, 1.165) is 46.6 Å². The molecule has 0 saturated carbocycles. The summed E-state index contributed by atoms with van der Waals surface area (Å²) in [7, 11) is 1.65. The minimum Gasteiger partial charge on any atom is -0.497 e. The van der Waals surface area contributed by atoms with E-state index in [9.17, 15) is 4.79 Å². The Bertz CT molecular complexity index is 2000. The summed E-state index contributed by atoms with van der Waals surface area (Å²) in [5, 5.41) is 1.05. The van der Waals surface area contributed by atoms with Gasteiger partial charge in [0.15, 0.2) is 4.80 Å². The Morgan fingerprint density at radius 3 is 2.62 bits per heavy atom. The van der Waals surface area contributed by atoms with Crippen LogP contribution >= 0.6 is 34.5 Å². The monoisotopic (exact) mass is 584 g/mol. The van der Waals surface area contributed by atoms with Crippen molar-refractivity contribution in [3.63, 3.8) is 0 Å². The van der Waals surface area contributed by atoms with Gasteiger partial charge >= 0.3 is 0 Å². The second-order valence-electron chi connectivity index (χ2n) is 9.71. The SMILES string of the molecule is COc1ccc([C@@H]2C3=C(N=c4s/c(=C/c5ccc(-c6ccc(Cl)cc6Cl)o5)c(=O)n42)c2ccccc2CC3)cc1. The summed E-state index contributed by atoms with van der Waals surface area (Å²) in [5.74, 6) is 1.93. The van der Waals surface area contributed by atoms with E-state index in [1.54, 1.807) is 25.3 Å². The summed E-state index contributed by atoms with van der Waals surface area (Å²) < 4.78 is 13.8. The Hall–Kier alpha value is -3.84. The molecule has 0 bridgehead atoms. The summed E-state index contributed by atoms with van der Waals surface area (Å²) in [6.45, 7) is 0. The predicted molar refractivity (Wildman–Crippen MR) is 160 cm³/mol. The summed E-state index contributed by atoms with van der Waals surface area (Å²) in [4.78, 5) is 19.7. The van der Waals surface area contributed by atoms with Crippen LogP contribution in [0.2, 0.25) is 10.0 Å². The highest BCUT2D eigenvalue weighted by Gasteiger charge is 2.32. The highest BCUT2D eigenvalue weighted by molar-refractivity contribution is 7.07. The zero-order chi connectivity index (χ0) is 27.4. The smallest absolute Gasteiger partial charge is 0.271 e. The molecule has 0 amide bonds. The van der Waals surface area contributed by atoms with Crippen molar-refractivity contribution in [1.82, 2.24) is 4.57 Å². The Balaban J connectivity index is 1.39. The maximum atomic E-state index is 14.0. The number of halogens is 2. The molecule has 0 radical (unpaired) electrons. The number of methoxy groups -OCH3 is 1. The van der Waals surface area contributed by atoms with Crippen LogP contribution in [-0.2, 0) is 6.42 Å². The van der Waals surface area contributed by atoms with Crippen LogP contribution in [0.25, 0.3) is 23.1 Å². The lowest BCUT2D eigenvalue weighted by atomic mass is 9.83. The highest BCUT2D eigenvalue weighted by Crippen LogP contribution is 2.41. The average Bonchev–Trinajstić information content (AvgIpc) is 3.56. The van der Waals surface area contributed by atoms with Crippen molar-refractivity contribution in [1.29, 1.82) is 0 Å². The van der Waals surface area contributed by atoms with Gasteiger partial charge in [0.25, 0.3) is 5.56 Å². The first kappa shape index (κ1) is 25.1. The van der Waals surface area contributed by atoms with E-state index in [1.165, 1.54) is 16.9 Å². The first-order chi connectivity index (χ1) is 19.5. The van der Waals surface area contributed by atoms with Gasteiger partial charge in [0.1, 0.15) is 17.3 Å². The van der Waals surface area contributed by atoms with E-state index in [2.05, 4.69) is 18.2 Å². The number of allylic oxidation sites excluding steroid dienone is 1. The molecule has 2 aromatic heterocycles. The minimum atomic E-state index is -0.257. The molecule has 8 heteroatoms. The summed E-state index contributed by atoms with van der Waals surface area (Å²) in [5.41, 5.74) is 6.19. The van der Waals surface area contributed by atoms with Crippen LogP contribution in [0.1, 0.15) is 34.9 Å². The number of aromatic nitrogens is 1. The van der Waals surface area contributed by atoms with Crippen LogP contribution < -0.4 is 19.6 Å². The van der Waals surface area contributed by atoms with Crippen molar-refractivity contribution in [2.75, 3.05) is 7.11 Å². The lowest BCUT2D eigenvalue weighted by Crippen LogP contribution is -2.38. The highest BCUT2D eigenvalue weighted by atomic mass is 35.5. The maximum Gasteiger partial charge on any atom is 0.271 e. The third-order valence-electron chi connectivity index (χ3n) is 7.40.